The highest BCUT2D eigenvalue weighted by atomic mass is 32.2. The van der Waals surface area contributed by atoms with Crippen molar-refractivity contribution in [2.45, 2.75) is 22.8 Å². The molecule has 9 heteroatoms. The zero-order chi connectivity index (χ0) is 19.1. The molecule has 0 amide bonds. The SMILES string of the molecule is O=S(=O)(c1ccc2c(c1)OCCO2)c1nc(-c2ccco2)oc1N1CCCC1. The molecule has 2 aromatic heterocycles. The molecule has 0 saturated carbocycles. The van der Waals surface area contributed by atoms with Gasteiger partial charge in [0.15, 0.2) is 17.3 Å². The second-order valence-corrected chi connectivity index (χ2v) is 8.47. The van der Waals surface area contributed by atoms with Crippen molar-refractivity contribution < 1.29 is 26.7 Å². The summed E-state index contributed by atoms with van der Waals surface area (Å²) in [6.45, 7) is 2.25. The zero-order valence-corrected chi connectivity index (χ0v) is 15.8. The Hall–Kier alpha value is -2.94. The predicted octanol–water partition coefficient (Wildman–Crippen LogP) is 3.14. The summed E-state index contributed by atoms with van der Waals surface area (Å²) in [6, 6.07) is 7.95. The van der Waals surface area contributed by atoms with Crippen LogP contribution in [0.5, 0.6) is 11.5 Å². The van der Waals surface area contributed by atoms with Gasteiger partial charge in [0.25, 0.3) is 5.89 Å². The van der Waals surface area contributed by atoms with Gasteiger partial charge >= 0.3 is 0 Å². The highest BCUT2D eigenvalue weighted by Gasteiger charge is 2.33. The summed E-state index contributed by atoms with van der Waals surface area (Å²) in [6.07, 6.45) is 3.44. The third kappa shape index (κ3) is 2.82. The first-order chi connectivity index (χ1) is 13.6. The number of nitrogens with zero attached hydrogens (tertiary/aromatic N) is 2. The van der Waals surface area contributed by atoms with Gasteiger partial charge in [-0.1, -0.05) is 0 Å². The first kappa shape index (κ1) is 17.2. The maximum absolute atomic E-state index is 13.4. The van der Waals surface area contributed by atoms with Gasteiger partial charge in [-0.15, -0.1) is 0 Å². The molecular formula is C19H18N2O6S. The standard InChI is InChI=1S/C19H18N2O6S/c22-28(23,13-5-6-14-16(12-13)26-11-10-25-14)18-19(21-7-1-2-8-21)27-17(20-18)15-4-3-9-24-15/h3-6,9,12H,1-2,7-8,10-11H2. The smallest absolute Gasteiger partial charge is 0.266 e. The Balaban J connectivity index is 1.62. The minimum atomic E-state index is -3.93. The first-order valence-corrected chi connectivity index (χ1v) is 10.6. The Morgan fingerprint density at radius 1 is 1.00 bits per heavy atom. The summed E-state index contributed by atoms with van der Waals surface area (Å²) in [5, 5.41) is -0.113. The van der Waals surface area contributed by atoms with Crippen LogP contribution in [0.4, 0.5) is 5.88 Å². The van der Waals surface area contributed by atoms with Gasteiger partial charge in [0.2, 0.25) is 20.7 Å². The lowest BCUT2D eigenvalue weighted by Crippen LogP contribution is -2.20. The van der Waals surface area contributed by atoms with Crippen molar-refractivity contribution in [2.24, 2.45) is 0 Å². The number of furan rings is 1. The summed E-state index contributed by atoms with van der Waals surface area (Å²) in [7, 11) is -3.93. The van der Waals surface area contributed by atoms with E-state index < -0.39 is 9.84 Å². The van der Waals surface area contributed by atoms with Crippen molar-refractivity contribution in [1.29, 1.82) is 0 Å². The van der Waals surface area contributed by atoms with Crippen LogP contribution >= 0.6 is 0 Å². The number of hydrogen-bond donors (Lipinski definition) is 0. The molecule has 0 bridgehead atoms. The molecule has 28 heavy (non-hydrogen) atoms. The van der Waals surface area contributed by atoms with Gasteiger partial charge in [0, 0.05) is 19.2 Å². The van der Waals surface area contributed by atoms with E-state index in [0.717, 1.165) is 25.9 Å². The van der Waals surface area contributed by atoms with Crippen LogP contribution in [0.3, 0.4) is 0 Å². The van der Waals surface area contributed by atoms with Crippen LogP contribution in [0.15, 0.2) is 55.4 Å². The van der Waals surface area contributed by atoms with E-state index in [1.807, 2.05) is 4.90 Å². The van der Waals surface area contributed by atoms with E-state index in [-0.39, 0.29) is 21.7 Å². The van der Waals surface area contributed by atoms with E-state index in [9.17, 15) is 8.42 Å². The molecule has 0 unspecified atom stereocenters. The number of hydrogen-bond acceptors (Lipinski definition) is 8. The van der Waals surface area contributed by atoms with Crippen LogP contribution in [0.1, 0.15) is 12.8 Å². The topological polar surface area (TPSA) is 95.0 Å². The fraction of sp³-hybridized carbons (Fsp3) is 0.316. The van der Waals surface area contributed by atoms with Crippen LogP contribution in [-0.4, -0.2) is 39.7 Å². The van der Waals surface area contributed by atoms with Crippen molar-refractivity contribution in [3.8, 4) is 23.1 Å². The van der Waals surface area contributed by atoms with E-state index in [1.165, 1.54) is 18.4 Å². The zero-order valence-electron chi connectivity index (χ0n) is 15.0. The Morgan fingerprint density at radius 2 is 1.79 bits per heavy atom. The lowest BCUT2D eigenvalue weighted by molar-refractivity contribution is 0.171. The summed E-state index contributed by atoms with van der Waals surface area (Å²) in [5.41, 5.74) is 0. The lowest BCUT2D eigenvalue weighted by atomic mass is 10.3. The van der Waals surface area contributed by atoms with Gasteiger partial charge < -0.3 is 23.2 Å². The maximum atomic E-state index is 13.4. The highest BCUT2D eigenvalue weighted by Crippen LogP contribution is 2.39. The number of rotatable bonds is 4. The molecule has 0 N–H and O–H groups in total. The van der Waals surface area contributed by atoms with Crippen LogP contribution in [0, 0.1) is 0 Å². The molecule has 3 aromatic rings. The van der Waals surface area contributed by atoms with Gasteiger partial charge in [-0.25, -0.2) is 8.42 Å². The Bertz CT molecular complexity index is 1100. The number of fused-ring (bicyclic) bond motifs is 1. The van der Waals surface area contributed by atoms with E-state index in [1.54, 1.807) is 18.2 Å². The number of benzene rings is 1. The summed E-state index contributed by atoms with van der Waals surface area (Å²) < 4.78 is 49.0. The molecule has 0 aliphatic carbocycles. The second-order valence-electron chi connectivity index (χ2n) is 6.61. The normalized spacial score (nSPS) is 16.5. The van der Waals surface area contributed by atoms with E-state index in [2.05, 4.69) is 4.98 Å². The molecule has 1 fully saturated rings. The molecule has 5 rings (SSSR count). The molecule has 146 valence electrons. The monoisotopic (exact) mass is 402 g/mol. The first-order valence-electron chi connectivity index (χ1n) is 9.07. The number of sulfone groups is 1. The Kier molecular flexibility index (Phi) is 4.04. The Labute approximate surface area is 161 Å². The summed E-state index contributed by atoms with van der Waals surface area (Å²) >= 11 is 0. The molecule has 0 spiro atoms. The fourth-order valence-corrected chi connectivity index (χ4v) is 4.74. The molecule has 1 saturated heterocycles. The third-order valence-electron chi connectivity index (χ3n) is 4.78. The number of oxazole rings is 1. The molecule has 0 atom stereocenters. The van der Waals surface area contributed by atoms with E-state index in [4.69, 9.17) is 18.3 Å². The third-order valence-corrected chi connectivity index (χ3v) is 6.43. The number of anilines is 1. The summed E-state index contributed by atoms with van der Waals surface area (Å²) in [4.78, 5) is 6.28. The lowest BCUT2D eigenvalue weighted by Gasteiger charge is -2.19. The average Bonchev–Trinajstić information content (AvgIpc) is 3.48. The number of ether oxygens (including phenoxy) is 2. The molecule has 8 nitrogen and oxygen atoms in total. The molecule has 4 heterocycles. The second kappa shape index (κ2) is 6.59. The average molecular weight is 402 g/mol. The quantitative estimate of drug-likeness (QED) is 0.657. The van der Waals surface area contributed by atoms with Crippen molar-refractivity contribution in [3.05, 3.63) is 36.6 Å². The van der Waals surface area contributed by atoms with Crippen LogP contribution < -0.4 is 14.4 Å². The molecule has 1 aromatic carbocycles. The number of aromatic nitrogens is 1. The Morgan fingerprint density at radius 3 is 2.54 bits per heavy atom. The predicted molar refractivity (Wildman–Crippen MR) is 98.5 cm³/mol. The van der Waals surface area contributed by atoms with Crippen LogP contribution in [-0.2, 0) is 9.84 Å². The van der Waals surface area contributed by atoms with Crippen molar-refractivity contribution in [1.82, 2.24) is 4.98 Å². The van der Waals surface area contributed by atoms with Crippen LogP contribution in [0.2, 0.25) is 0 Å². The van der Waals surface area contributed by atoms with E-state index in [0.29, 0.717) is 30.5 Å². The van der Waals surface area contributed by atoms with Crippen molar-refractivity contribution in [2.75, 3.05) is 31.2 Å². The molecule has 0 radical (unpaired) electrons. The highest BCUT2D eigenvalue weighted by molar-refractivity contribution is 7.91. The largest absolute Gasteiger partial charge is 0.486 e. The van der Waals surface area contributed by atoms with Crippen molar-refractivity contribution >= 4 is 15.7 Å². The molecular weight excluding hydrogens is 384 g/mol. The van der Waals surface area contributed by atoms with Gasteiger partial charge in [-0.05, 0) is 37.1 Å². The molecule has 2 aliphatic heterocycles. The van der Waals surface area contributed by atoms with Gasteiger partial charge in [0.1, 0.15) is 13.2 Å². The summed E-state index contributed by atoms with van der Waals surface area (Å²) in [5.74, 6) is 1.71. The van der Waals surface area contributed by atoms with Crippen LogP contribution in [0.25, 0.3) is 11.7 Å². The minimum absolute atomic E-state index is 0.0801. The van der Waals surface area contributed by atoms with Crippen molar-refractivity contribution in [3.63, 3.8) is 0 Å². The van der Waals surface area contributed by atoms with E-state index >= 15 is 0 Å². The van der Waals surface area contributed by atoms with Gasteiger partial charge in [0.05, 0.1) is 11.2 Å². The maximum Gasteiger partial charge on any atom is 0.266 e. The van der Waals surface area contributed by atoms with Gasteiger partial charge in [-0.2, -0.15) is 4.98 Å². The fourth-order valence-electron chi connectivity index (χ4n) is 3.40. The molecule has 2 aliphatic rings. The van der Waals surface area contributed by atoms with Gasteiger partial charge in [-0.3, -0.25) is 0 Å². The minimum Gasteiger partial charge on any atom is -0.486 e.